The highest BCUT2D eigenvalue weighted by Gasteiger charge is 2.12. The molecule has 0 aliphatic rings. The summed E-state index contributed by atoms with van der Waals surface area (Å²) in [5, 5.41) is 4.48. The molecular weight excluding hydrogens is 384 g/mol. The first-order chi connectivity index (χ1) is 12.7. The Balaban J connectivity index is 1.92. The molecule has 0 aliphatic heterocycles. The van der Waals surface area contributed by atoms with Crippen LogP contribution in [0.25, 0.3) is 0 Å². The fraction of sp³-hybridized carbons (Fsp3) is 0.217. The molecule has 0 aromatic heterocycles. The Kier molecular flexibility index (Phi) is 6.35. The minimum atomic E-state index is 0.976. The van der Waals surface area contributed by atoms with E-state index in [9.17, 15) is 0 Å². The van der Waals surface area contributed by atoms with Gasteiger partial charge in [0.2, 0.25) is 0 Å². The molecule has 134 valence electrons. The number of halogens is 1. The first-order valence-electron chi connectivity index (χ1n) is 9.01. The van der Waals surface area contributed by atoms with Crippen LogP contribution in [0.4, 0.5) is 22.7 Å². The van der Waals surface area contributed by atoms with Crippen molar-refractivity contribution in [3.8, 4) is 0 Å². The highest BCUT2D eigenvalue weighted by Crippen LogP contribution is 2.35. The number of hydrogen-bond donors (Lipinski definition) is 1. The molecule has 0 radical (unpaired) electrons. The molecule has 0 amide bonds. The summed E-state index contributed by atoms with van der Waals surface area (Å²) in [6.07, 6.45) is 1.11. The van der Waals surface area contributed by atoms with Gasteiger partial charge < -0.3 is 10.2 Å². The Morgan fingerprint density at radius 2 is 1.12 bits per heavy atom. The van der Waals surface area contributed by atoms with Crippen molar-refractivity contribution in [2.45, 2.75) is 20.3 Å². The van der Waals surface area contributed by atoms with Crippen molar-refractivity contribution in [2.24, 2.45) is 0 Å². The highest BCUT2D eigenvalue weighted by molar-refractivity contribution is 9.09. The Bertz CT molecular complexity index is 763. The largest absolute Gasteiger partial charge is 0.385 e. The molecule has 3 aromatic rings. The predicted octanol–water partition coefficient (Wildman–Crippen LogP) is 6.97. The number of benzene rings is 3. The van der Waals surface area contributed by atoms with Gasteiger partial charge in [-0.1, -0.05) is 51.3 Å². The topological polar surface area (TPSA) is 15.3 Å². The molecule has 0 bridgehead atoms. The zero-order valence-electron chi connectivity index (χ0n) is 15.4. The minimum absolute atomic E-state index is 0.976. The van der Waals surface area contributed by atoms with E-state index in [2.05, 4.69) is 113 Å². The summed E-state index contributed by atoms with van der Waals surface area (Å²) in [4.78, 5) is 2.29. The number of hydrogen-bond acceptors (Lipinski definition) is 2. The third-order valence-electron chi connectivity index (χ3n) is 4.35. The SMILES string of the molecule is Cc1ccc(N(c2ccc(C)cc2)c2ccc(NCCCBr)cc2)cc1. The van der Waals surface area contributed by atoms with Gasteiger partial charge in [0, 0.05) is 34.6 Å². The molecule has 3 aromatic carbocycles. The number of nitrogens with zero attached hydrogens (tertiary/aromatic N) is 1. The van der Waals surface area contributed by atoms with E-state index in [0.29, 0.717) is 0 Å². The molecule has 0 unspecified atom stereocenters. The average molecular weight is 409 g/mol. The maximum atomic E-state index is 3.47. The van der Waals surface area contributed by atoms with Gasteiger partial charge >= 0.3 is 0 Å². The van der Waals surface area contributed by atoms with E-state index >= 15 is 0 Å². The third kappa shape index (κ3) is 4.67. The smallest absolute Gasteiger partial charge is 0.0463 e. The van der Waals surface area contributed by atoms with Crippen LogP contribution in [-0.2, 0) is 0 Å². The summed E-state index contributed by atoms with van der Waals surface area (Å²) in [6, 6.07) is 26.0. The molecule has 0 heterocycles. The maximum absolute atomic E-state index is 3.47. The lowest BCUT2D eigenvalue weighted by molar-refractivity contribution is 0.999. The molecule has 0 aliphatic carbocycles. The van der Waals surface area contributed by atoms with Crippen LogP contribution in [0.3, 0.4) is 0 Å². The molecule has 1 N–H and O–H groups in total. The number of alkyl halides is 1. The summed E-state index contributed by atoms with van der Waals surface area (Å²) in [6.45, 7) is 5.21. The van der Waals surface area contributed by atoms with Crippen LogP contribution < -0.4 is 10.2 Å². The van der Waals surface area contributed by atoms with Crippen molar-refractivity contribution >= 4 is 38.7 Å². The fourth-order valence-electron chi connectivity index (χ4n) is 2.86. The summed E-state index contributed by atoms with van der Waals surface area (Å²) < 4.78 is 0. The van der Waals surface area contributed by atoms with Gasteiger partial charge in [-0.15, -0.1) is 0 Å². The Morgan fingerprint density at radius 1 is 0.692 bits per heavy atom. The van der Waals surface area contributed by atoms with Crippen LogP contribution in [-0.4, -0.2) is 11.9 Å². The lowest BCUT2D eigenvalue weighted by Gasteiger charge is -2.26. The van der Waals surface area contributed by atoms with Crippen molar-refractivity contribution < 1.29 is 0 Å². The molecule has 3 heteroatoms. The zero-order chi connectivity index (χ0) is 18.4. The maximum Gasteiger partial charge on any atom is 0.0463 e. The van der Waals surface area contributed by atoms with Gasteiger partial charge in [0.15, 0.2) is 0 Å². The van der Waals surface area contributed by atoms with Crippen LogP contribution in [0.2, 0.25) is 0 Å². The summed E-state index contributed by atoms with van der Waals surface area (Å²) in [5.41, 5.74) is 7.18. The Morgan fingerprint density at radius 3 is 1.54 bits per heavy atom. The van der Waals surface area contributed by atoms with E-state index < -0.39 is 0 Å². The van der Waals surface area contributed by atoms with Crippen LogP contribution >= 0.6 is 15.9 Å². The van der Waals surface area contributed by atoms with Crippen LogP contribution in [0, 0.1) is 13.8 Å². The molecule has 0 saturated heterocycles. The van der Waals surface area contributed by atoms with E-state index in [0.717, 1.165) is 29.7 Å². The molecule has 26 heavy (non-hydrogen) atoms. The van der Waals surface area contributed by atoms with Crippen molar-refractivity contribution in [1.82, 2.24) is 0 Å². The standard InChI is InChI=1S/C23H25BrN2/c1-18-4-10-21(11-5-18)26(22-12-6-19(2)7-13-22)23-14-8-20(9-15-23)25-17-3-16-24/h4-15,25H,3,16-17H2,1-2H3. The van der Waals surface area contributed by atoms with Gasteiger partial charge in [-0.05, 0) is 68.8 Å². The van der Waals surface area contributed by atoms with Gasteiger partial charge in [-0.25, -0.2) is 0 Å². The number of anilines is 4. The molecule has 0 fully saturated rings. The second-order valence-electron chi connectivity index (χ2n) is 6.52. The van der Waals surface area contributed by atoms with E-state index in [1.54, 1.807) is 0 Å². The molecule has 2 nitrogen and oxygen atoms in total. The second kappa shape index (κ2) is 8.91. The lowest BCUT2D eigenvalue weighted by Crippen LogP contribution is -2.10. The molecule has 3 rings (SSSR count). The number of aryl methyl sites for hydroxylation is 2. The van der Waals surface area contributed by atoms with Gasteiger partial charge in [0.05, 0.1) is 0 Å². The molecule has 0 spiro atoms. The number of rotatable bonds is 7. The first-order valence-corrected chi connectivity index (χ1v) is 10.1. The molecular formula is C23H25BrN2. The Hall–Kier alpha value is -2.26. The summed E-state index contributed by atoms with van der Waals surface area (Å²) >= 11 is 3.47. The Labute approximate surface area is 165 Å². The van der Waals surface area contributed by atoms with E-state index in [1.807, 2.05) is 0 Å². The van der Waals surface area contributed by atoms with Gasteiger partial charge in [0.1, 0.15) is 0 Å². The van der Waals surface area contributed by atoms with Crippen LogP contribution in [0.5, 0.6) is 0 Å². The van der Waals surface area contributed by atoms with Crippen molar-refractivity contribution in [3.63, 3.8) is 0 Å². The second-order valence-corrected chi connectivity index (χ2v) is 7.32. The zero-order valence-corrected chi connectivity index (χ0v) is 17.0. The first kappa shape index (κ1) is 18.5. The quantitative estimate of drug-likeness (QED) is 0.335. The predicted molar refractivity (Wildman–Crippen MR) is 117 cm³/mol. The molecule has 0 atom stereocenters. The third-order valence-corrected chi connectivity index (χ3v) is 4.91. The van der Waals surface area contributed by atoms with Gasteiger partial charge in [-0.3, -0.25) is 0 Å². The number of nitrogens with one attached hydrogen (secondary N) is 1. The van der Waals surface area contributed by atoms with Crippen molar-refractivity contribution in [2.75, 3.05) is 22.1 Å². The summed E-state index contributed by atoms with van der Waals surface area (Å²) in [7, 11) is 0. The lowest BCUT2D eigenvalue weighted by atomic mass is 10.1. The van der Waals surface area contributed by atoms with Crippen LogP contribution in [0.15, 0.2) is 72.8 Å². The normalized spacial score (nSPS) is 10.6. The van der Waals surface area contributed by atoms with E-state index in [4.69, 9.17) is 0 Å². The fourth-order valence-corrected chi connectivity index (χ4v) is 3.14. The molecule has 0 saturated carbocycles. The monoisotopic (exact) mass is 408 g/mol. The van der Waals surface area contributed by atoms with Crippen molar-refractivity contribution in [1.29, 1.82) is 0 Å². The van der Waals surface area contributed by atoms with Gasteiger partial charge in [0.25, 0.3) is 0 Å². The summed E-state index contributed by atoms with van der Waals surface area (Å²) in [5.74, 6) is 0. The van der Waals surface area contributed by atoms with Crippen LogP contribution in [0.1, 0.15) is 17.5 Å². The average Bonchev–Trinajstić information content (AvgIpc) is 2.66. The highest BCUT2D eigenvalue weighted by atomic mass is 79.9. The van der Waals surface area contributed by atoms with Gasteiger partial charge in [-0.2, -0.15) is 0 Å². The minimum Gasteiger partial charge on any atom is -0.385 e. The van der Waals surface area contributed by atoms with E-state index in [1.165, 1.54) is 22.5 Å². The van der Waals surface area contributed by atoms with E-state index in [-0.39, 0.29) is 0 Å². The van der Waals surface area contributed by atoms with Crippen molar-refractivity contribution in [3.05, 3.63) is 83.9 Å².